The highest BCUT2D eigenvalue weighted by Gasteiger charge is 2.50. The van der Waals surface area contributed by atoms with E-state index in [4.69, 9.17) is 18.6 Å². The molecule has 1 heterocycles. The van der Waals surface area contributed by atoms with E-state index in [1.54, 1.807) is 0 Å². The van der Waals surface area contributed by atoms with Crippen LogP contribution in [0.1, 0.15) is 60.3 Å². The number of esters is 1. The van der Waals surface area contributed by atoms with Gasteiger partial charge in [0.2, 0.25) is 0 Å². The van der Waals surface area contributed by atoms with E-state index in [1.807, 2.05) is 26.0 Å². The Kier molecular flexibility index (Phi) is 10.1. The average molecular weight is 499 g/mol. The van der Waals surface area contributed by atoms with E-state index < -0.39 is 8.32 Å². The molecule has 3 atom stereocenters. The normalized spacial score (nSPS) is 18.6. The molecule has 6 heteroatoms. The maximum Gasteiger partial charge on any atom is 0.306 e. The minimum absolute atomic E-state index is 0.0715. The average Bonchev–Trinajstić information content (AvgIpc) is 2.85. The summed E-state index contributed by atoms with van der Waals surface area (Å²) in [5, 5.41) is 2.32. The second kappa shape index (κ2) is 12.8. The van der Waals surface area contributed by atoms with Gasteiger partial charge >= 0.3 is 5.97 Å². The van der Waals surface area contributed by atoms with Gasteiger partial charge in [-0.1, -0.05) is 88.4 Å². The number of carbonyl (C=O) groups is 1. The predicted octanol–water partition coefficient (Wildman–Crippen LogP) is 5.06. The fraction of sp³-hybridized carbons (Fsp3) is 0.552. The van der Waals surface area contributed by atoms with Crippen molar-refractivity contribution in [3.05, 3.63) is 60.7 Å². The van der Waals surface area contributed by atoms with E-state index in [-0.39, 0.29) is 35.7 Å². The molecule has 35 heavy (non-hydrogen) atoms. The maximum absolute atomic E-state index is 12.3. The molecule has 3 rings (SSSR count). The zero-order chi connectivity index (χ0) is 25.3. The SMILES string of the molecule is CCOC(=O)C[C@H](C)[C@@H](CO[Si](c1ccccc1)(c1ccccc1)C(C)(C)C)OC1CCCCO1. The van der Waals surface area contributed by atoms with E-state index in [0.717, 1.165) is 19.3 Å². The first kappa shape index (κ1) is 27.6. The molecule has 2 aromatic rings. The van der Waals surface area contributed by atoms with Gasteiger partial charge in [-0.2, -0.15) is 0 Å². The fourth-order valence-corrected chi connectivity index (χ4v) is 9.50. The van der Waals surface area contributed by atoms with Crippen LogP contribution in [0.15, 0.2) is 60.7 Å². The van der Waals surface area contributed by atoms with Crippen LogP contribution in [0, 0.1) is 5.92 Å². The number of carbonyl (C=O) groups excluding carboxylic acids is 1. The second-order valence-electron chi connectivity index (χ2n) is 10.4. The Morgan fingerprint density at radius 2 is 1.63 bits per heavy atom. The van der Waals surface area contributed by atoms with Gasteiger partial charge in [0.1, 0.15) is 0 Å². The van der Waals surface area contributed by atoms with Crippen molar-refractivity contribution in [2.24, 2.45) is 5.92 Å². The molecule has 1 aliphatic heterocycles. The summed E-state index contributed by atoms with van der Waals surface area (Å²) < 4.78 is 24.7. The maximum atomic E-state index is 12.3. The summed E-state index contributed by atoms with van der Waals surface area (Å²) >= 11 is 0. The minimum Gasteiger partial charge on any atom is -0.466 e. The van der Waals surface area contributed by atoms with Crippen molar-refractivity contribution in [1.82, 2.24) is 0 Å². The van der Waals surface area contributed by atoms with Gasteiger partial charge in [0.15, 0.2) is 6.29 Å². The van der Waals surface area contributed by atoms with Gasteiger partial charge in [-0.05, 0) is 47.5 Å². The first-order valence-electron chi connectivity index (χ1n) is 13.0. The van der Waals surface area contributed by atoms with Crippen molar-refractivity contribution in [3.8, 4) is 0 Å². The molecular formula is C29H42O5Si. The monoisotopic (exact) mass is 498 g/mol. The lowest BCUT2D eigenvalue weighted by Crippen LogP contribution is -2.67. The first-order valence-corrected chi connectivity index (χ1v) is 14.9. The standard InChI is InChI=1S/C29H42O5Si/c1-6-31-27(30)21-23(2)26(34-28-19-13-14-20-32-28)22-33-35(29(3,4)5,24-15-9-7-10-16-24)25-17-11-8-12-18-25/h7-12,15-18,23,26,28H,6,13-14,19-22H2,1-5H3/t23-,26+,28?/m0/s1. The van der Waals surface area contributed by atoms with Gasteiger partial charge in [-0.3, -0.25) is 4.79 Å². The Bertz CT molecular complexity index is 851. The highest BCUT2D eigenvalue weighted by molar-refractivity contribution is 6.99. The highest BCUT2D eigenvalue weighted by Crippen LogP contribution is 2.37. The lowest BCUT2D eigenvalue weighted by atomic mass is 10.0. The summed E-state index contributed by atoms with van der Waals surface area (Å²) in [6.07, 6.45) is 2.74. The summed E-state index contributed by atoms with van der Waals surface area (Å²) in [5.41, 5.74) is 0. The van der Waals surface area contributed by atoms with Crippen LogP contribution in [-0.2, 0) is 23.4 Å². The number of hydrogen-bond donors (Lipinski definition) is 0. The molecule has 0 saturated carbocycles. The van der Waals surface area contributed by atoms with Crippen molar-refractivity contribution < 1.29 is 23.4 Å². The van der Waals surface area contributed by atoms with Crippen LogP contribution in [-0.4, -0.2) is 46.5 Å². The second-order valence-corrected chi connectivity index (χ2v) is 14.7. The molecule has 0 aromatic heterocycles. The zero-order valence-electron chi connectivity index (χ0n) is 22.0. The Morgan fingerprint density at radius 3 is 2.11 bits per heavy atom. The van der Waals surface area contributed by atoms with E-state index in [1.165, 1.54) is 10.4 Å². The topological polar surface area (TPSA) is 54.0 Å². The van der Waals surface area contributed by atoms with E-state index in [2.05, 4.69) is 69.3 Å². The van der Waals surface area contributed by atoms with Crippen LogP contribution in [0.5, 0.6) is 0 Å². The smallest absolute Gasteiger partial charge is 0.306 e. The number of benzene rings is 2. The molecule has 1 fully saturated rings. The largest absolute Gasteiger partial charge is 0.466 e. The Morgan fingerprint density at radius 1 is 1.03 bits per heavy atom. The van der Waals surface area contributed by atoms with Crippen molar-refractivity contribution in [2.45, 2.75) is 77.7 Å². The van der Waals surface area contributed by atoms with Crippen molar-refractivity contribution in [3.63, 3.8) is 0 Å². The van der Waals surface area contributed by atoms with Crippen molar-refractivity contribution in [1.29, 1.82) is 0 Å². The number of hydrogen-bond acceptors (Lipinski definition) is 5. The Hall–Kier alpha value is -1.99. The summed E-state index contributed by atoms with van der Waals surface area (Å²) in [6, 6.07) is 21.2. The molecule has 1 saturated heterocycles. The third kappa shape index (κ3) is 7.03. The van der Waals surface area contributed by atoms with Crippen molar-refractivity contribution in [2.75, 3.05) is 19.8 Å². The summed E-state index contributed by atoms with van der Waals surface area (Å²) in [5.74, 6) is -0.276. The lowest BCUT2D eigenvalue weighted by molar-refractivity contribution is -0.204. The summed E-state index contributed by atoms with van der Waals surface area (Å²) in [4.78, 5) is 12.3. The molecule has 0 N–H and O–H groups in total. The molecular weight excluding hydrogens is 456 g/mol. The quantitative estimate of drug-likeness (QED) is 0.320. The van der Waals surface area contributed by atoms with Crippen LogP contribution < -0.4 is 10.4 Å². The number of rotatable bonds is 11. The number of ether oxygens (including phenoxy) is 3. The molecule has 0 spiro atoms. The molecule has 1 unspecified atom stereocenters. The Balaban J connectivity index is 1.94. The van der Waals surface area contributed by atoms with Gasteiger partial charge < -0.3 is 18.6 Å². The summed E-state index contributed by atoms with van der Waals surface area (Å²) in [7, 11) is -2.72. The van der Waals surface area contributed by atoms with Crippen LogP contribution in [0.4, 0.5) is 0 Å². The van der Waals surface area contributed by atoms with Crippen molar-refractivity contribution >= 4 is 24.7 Å². The van der Waals surface area contributed by atoms with Gasteiger partial charge in [0, 0.05) is 6.61 Å². The van der Waals surface area contributed by atoms with Gasteiger partial charge in [0.25, 0.3) is 8.32 Å². The molecule has 0 radical (unpaired) electrons. The molecule has 2 aromatic carbocycles. The lowest BCUT2D eigenvalue weighted by Gasteiger charge is -2.44. The van der Waals surface area contributed by atoms with Crippen LogP contribution in [0.25, 0.3) is 0 Å². The predicted molar refractivity (Wildman–Crippen MR) is 142 cm³/mol. The van der Waals surface area contributed by atoms with Gasteiger partial charge in [-0.15, -0.1) is 0 Å². The van der Waals surface area contributed by atoms with E-state index in [9.17, 15) is 4.79 Å². The Labute approximate surface area is 212 Å². The summed E-state index contributed by atoms with van der Waals surface area (Å²) in [6.45, 7) is 12.1. The molecule has 5 nitrogen and oxygen atoms in total. The van der Waals surface area contributed by atoms with Gasteiger partial charge in [-0.25, -0.2) is 0 Å². The molecule has 1 aliphatic rings. The van der Waals surface area contributed by atoms with Crippen LogP contribution >= 0.6 is 0 Å². The van der Waals surface area contributed by atoms with Gasteiger partial charge in [0.05, 0.1) is 25.7 Å². The highest BCUT2D eigenvalue weighted by atomic mass is 28.4. The van der Waals surface area contributed by atoms with E-state index in [0.29, 0.717) is 19.8 Å². The van der Waals surface area contributed by atoms with E-state index >= 15 is 0 Å². The molecule has 0 bridgehead atoms. The fourth-order valence-electron chi connectivity index (χ4n) is 4.93. The molecule has 192 valence electrons. The molecule has 0 aliphatic carbocycles. The van der Waals surface area contributed by atoms with Crippen LogP contribution in [0.3, 0.4) is 0 Å². The van der Waals surface area contributed by atoms with Crippen LogP contribution in [0.2, 0.25) is 5.04 Å². The third-order valence-corrected chi connectivity index (χ3v) is 11.8. The minimum atomic E-state index is -2.72. The first-order chi connectivity index (χ1) is 16.8. The third-order valence-electron chi connectivity index (χ3n) is 6.77. The zero-order valence-corrected chi connectivity index (χ0v) is 23.0. The molecule has 0 amide bonds.